The fraction of sp³-hybridized carbons (Fsp3) is 0.393. The van der Waals surface area contributed by atoms with Gasteiger partial charge in [-0.3, -0.25) is 9.59 Å². The topological polar surface area (TPSA) is 105 Å². The highest BCUT2D eigenvalue weighted by molar-refractivity contribution is 5.82. The summed E-state index contributed by atoms with van der Waals surface area (Å²) in [6.45, 7) is 0.381. The van der Waals surface area contributed by atoms with Crippen LogP contribution in [0.2, 0.25) is 0 Å². The lowest BCUT2D eigenvalue weighted by atomic mass is 9.76. The Bertz CT molecular complexity index is 1110. The van der Waals surface area contributed by atoms with Crippen molar-refractivity contribution in [3.8, 4) is 11.1 Å². The second-order valence-electron chi connectivity index (χ2n) is 9.68. The molecule has 3 aliphatic rings. The van der Waals surface area contributed by atoms with Crippen molar-refractivity contribution < 1.29 is 24.2 Å². The smallest absolute Gasteiger partial charge is 0.407 e. The zero-order valence-corrected chi connectivity index (χ0v) is 19.5. The number of benzene rings is 2. The Labute approximate surface area is 204 Å². The summed E-state index contributed by atoms with van der Waals surface area (Å²) in [5.74, 6) is -1.86. The van der Waals surface area contributed by atoms with Crippen LogP contribution in [0.15, 0.2) is 60.7 Å². The van der Waals surface area contributed by atoms with E-state index in [1.54, 1.807) is 12.2 Å². The molecule has 2 aromatic rings. The van der Waals surface area contributed by atoms with Gasteiger partial charge in [0.2, 0.25) is 5.91 Å². The van der Waals surface area contributed by atoms with Crippen LogP contribution in [0.1, 0.15) is 42.7 Å². The third-order valence-corrected chi connectivity index (χ3v) is 7.60. The molecule has 0 aromatic heterocycles. The molecule has 0 aliphatic heterocycles. The number of aliphatic carboxylic acids is 1. The molecule has 0 bridgehead atoms. The van der Waals surface area contributed by atoms with Crippen LogP contribution < -0.4 is 10.6 Å². The normalized spacial score (nSPS) is 21.5. The molecule has 0 radical (unpaired) electrons. The summed E-state index contributed by atoms with van der Waals surface area (Å²) in [6, 6.07) is 16.0. The third-order valence-electron chi connectivity index (χ3n) is 7.60. The lowest BCUT2D eigenvalue weighted by Crippen LogP contribution is -2.41. The molecule has 0 heterocycles. The van der Waals surface area contributed by atoms with Crippen molar-refractivity contribution in [3.05, 3.63) is 71.8 Å². The molecular formula is C28H30N2O5. The van der Waals surface area contributed by atoms with Crippen LogP contribution in [0.4, 0.5) is 4.79 Å². The molecule has 5 rings (SSSR count). The summed E-state index contributed by atoms with van der Waals surface area (Å²) in [5, 5.41) is 15.1. The molecule has 182 valence electrons. The Morgan fingerprint density at radius 2 is 1.63 bits per heavy atom. The Morgan fingerprint density at radius 1 is 0.971 bits per heavy atom. The predicted molar refractivity (Wildman–Crippen MR) is 131 cm³/mol. The number of carbonyl (C=O) groups is 3. The van der Waals surface area contributed by atoms with Gasteiger partial charge in [0.05, 0.1) is 17.9 Å². The average molecular weight is 475 g/mol. The molecule has 2 amide bonds. The maximum atomic E-state index is 12.6. The van der Waals surface area contributed by atoms with Gasteiger partial charge in [0, 0.05) is 12.5 Å². The van der Waals surface area contributed by atoms with Gasteiger partial charge in [-0.25, -0.2) is 4.79 Å². The minimum atomic E-state index is -0.855. The summed E-state index contributed by atoms with van der Waals surface area (Å²) in [6.07, 6.45) is 6.34. The number of nitrogens with one attached hydrogen (secondary N) is 2. The summed E-state index contributed by atoms with van der Waals surface area (Å²) >= 11 is 0. The number of fused-ring (bicyclic) bond motifs is 3. The molecule has 35 heavy (non-hydrogen) atoms. The molecule has 1 fully saturated rings. The van der Waals surface area contributed by atoms with E-state index in [0.717, 1.165) is 30.4 Å². The Balaban J connectivity index is 1.10. The van der Waals surface area contributed by atoms with Crippen LogP contribution in [-0.4, -0.2) is 42.3 Å². The van der Waals surface area contributed by atoms with Crippen LogP contribution >= 0.6 is 0 Å². The summed E-state index contributed by atoms with van der Waals surface area (Å²) < 4.78 is 5.60. The minimum Gasteiger partial charge on any atom is -0.481 e. The molecule has 3 atom stereocenters. The first-order chi connectivity index (χ1) is 17.0. The van der Waals surface area contributed by atoms with Gasteiger partial charge in [0.25, 0.3) is 0 Å². The minimum absolute atomic E-state index is 0.0105. The number of amides is 2. The van der Waals surface area contributed by atoms with Gasteiger partial charge < -0.3 is 20.5 Å². The maximum Gasteiger partial charge on any atom is 0.407 e. The van der Waals surface area contributed by atoms with Crippen LogP contribution in [0, 0.1) is 17.8 Å². The predicted octanol–water partition coefficient (Wildman–Crippen LogP) is 4.09. The van der Waals surface area contributed by atoms with Gasteiger partial charge in [-0.1, -0.05) is 67.1 Å². The summed E-state index contributed by atoms with van der Waals surface area (Å²) in [4.78, 5) is 36.6. The van der Waals surface area contributed by atoms with Gasteiger partial charge in [-0.05, 0) is 47.4 Å². The quantitative estimate of drug-likeness (QED) is 0.500. The van der Waals surface area contributed by atoms with E-state index in [1.165, 1.54) is 11.1 Å². The highest BCUT2D eigenvalue weighted by atomic mass is 16.5. The number of carbonyl (C=O) groups excluding carboxylic acids is 2. The zero-order valence-electron chi connectivity index (χ0n) is 19.5. The third kappa shape index (κ3) is 4.81. The van der Waals surface area contributed by atoms with Crippen molar-refractivity contribution in [2.75, 3.05) is 13.2 Å². The van der Waals surface area contributed by atoms with Crippen LogP contribution in [-0.2, 0) is 14.3 Å². The summed E-state index contributed by atoms with van der Waals surface area (Å²) in [5.41, 5.74) is 4.65. The van der Waals surface area contributed by atoms with E-state index in [-0.39, 0.29) is 36.9 Å². The van der Waals surface area contributed by atoms with E-state index in [9.17, 15) is 19.5 Å². The summed E-state index contributed by atoms with van der Waals surface area (Å²) in [7, 11) is 0. The number of carboxylic acid groups (broad SMARTS) is 1. The first-order valence-corrected chi connectivity index (χ1v) is 12.3. The van der Waals surface area contributed by atoms with Crippen molar-refractivity contribution in [1.29, 1.82) is 0 Å². The lowest BCUT2D eigenvalue weighted by Gasteiger charge is -2.31. The van der Waals surface area contributed by atoms with Gasteiger partial charge in [-0.15, -0.1) is 0 Å². The van der Waals surface area contributed by atoms with Crippen molar-refractivity contribution in [2.24, 2.45) is 17.8 Å². The van der Waals surface area contributed by atoms with Crippen LogP contribution in [0.3, 0.4) is 0 Å². The number of ether oxygens (including phenoxy) is 1. The van der Waals surface area contributed by atoms with E-state index in [0.29, 0.717) is 6.42 Å². The fourth-order valence-corrected chi connectivity index (χ4v) is 5.43. The van der Waals surface area contributed by atoms with Crippen molar-refractivity contribution in [2.45, 2.75) is 37.6 Å². The van der Waals surface area contributed by atoms with Crippen molar-refractivity contribution in [3.63, 3.8) is 0 Å². The van der Waals surface area contributed by atoms with E-state index < -0.39 is 23.9 Å². The highest BCUT2D eigenvalue weighted by Gasteiger charge is 2.34. The zero-order chi connectivity index (χ0) is 24.4. The molecule has 3 aliphatic carbocycles. The maximum absolute atomic E-state index is 12.6. The molecule has 7 nitrogen and oxygen atoms in total. The van der Waals surface area contributed by atoms with E-state index in [4.69, 9.17) is 4.74 Å². The fourth-order valence-electron chi connectivity index (χ4n) is 5.43. The number of hydrogen-bond acceptors (Lipinski definition) is 4. The van der Waals surface area contributed by atoms with E-state index in [1.807, 2.05) is 24.3 Å². The van der Waals surface area contributed by atoms with Crippen LogP contribution in [0.5, 0.6) is 0 Å². The molecule has 3 N–H and O–H groups in total. The Hall–Kier alpha value is -3.61. The molecule has 3 unspecified atom stereocenters. The number of alkyl carbamates (subject to hydrolysis) is 1. The van der Waals surface area contributed by atoms with Crippen LogP contribution in [0.25, 0.3) is 11.1 Å². The monoisotopic (exact) mass is 474 g/mol. The number of hydrogen-bond donors (Lipinski definition) is 3. The Kier molecular flexibility index (Phi) is 6.57. The van der Waals surface area contributed by atoms with E-state index in [2.05, 4.69) is 34.9 Å². The molecule has 0 spiro atoms. The number of carboxylic acids is 1. The number of rotatable bonds is 8. The second kappa shape index (κ2) is 9.94. The van der Waals surface area contributed by atoms with Gasteiger partial charge in [0.15, 0.2) is 0 Å². The van der Waals surface area contributed by atoms with Gasteiger partial charge in [-0.2, -0.15) is 0 Å². The molecule has 0 saturated heterocycles. The highest BCUT2D eigenvalue weighted by Crippen LogP contribution is 2.44. The molecule has 2 aromatic carbocycles. The molecule has 7 heteroatoms. The van der Waals surface area contributed by atoms with E-state index >= 15 is 0 Å². The standard InChI is InChI=1S/C28H30N2O5/c31-26(29-15-24(27(32)33)17-6-5-7-17)18-12-13-19(14-18)30-28(34)35-16-25-22-10-3-1-8-20(22)21-9-2-4-11-23(21)25/h1-4,8-13,17-19,24-25H,5-7,14-16H2,(H,29,31)(H,30,34)(H,32,33). The molecule has 1 saturated carbocycles. The van der Waals surface area contributed by atoms with Gasteiger partial charge in [0.1, 0.15) is 6.61 Å². The second-order valence-corrected chi connectivity index (χ2v) is 9.68. The SMILES string of the molecule is O=C(NC1C=CC(C(=O)NCC(C(=O)O)C2CCC2)C1)OCC1c2ccccc2-c2ccccc21. The average Bonchev–Trinajstić information content (AvgIpc) is 3.41. The Morgan fingerprint density at radius 3 is 2.23 bits per heavy atom. The first kappa shape index (κ1) is 23.1. The molecular weight excluding hydrogens is 444 g/mol. The largest absolute Gasteiger partial charge is 0.481 e. The van der Waals surface area contributed by atoms with Crippen molar-refractivity contribution in [1.82, 2.24) is 10.6 Å². The van der Waals surface area contributed by atoms with Gasteiger partial charge >= 0.3 is 12.1 Å². The van der Waals surface area contributed by atoms with Crippen molar-refractivity contribution >= 4 is 18.0 Å². The first-order valence-electron chi connectivity index (χ1n) is 12.3. The lowest BCUT2D eigenvalue weighted by molar-refractivity contribution is -0.144.